The number of ether oxygens (including phenoxy) is 1. The van der Waals surface area contributed by atoms with Gasteiger partial charge >= 0.3 is 0 Å². The molecule has 5 nitrogen and oxygen atoms in total. The first-order chi connectivity index (χ1) is 9.54. The maximum absolute atomic E-state index is 12.4. The molecular weight excluding hydrogens is 282 g/mol. The standard InChI is InChI=1S/C14H10ClNO4/c1-20-13-5-3-2-4-11(13)14(17)10-7-6-9(16(18)19)8-12(10)15/h2-8H,1H3. The summed E-state index contributed by atoms with van der Waals surface area (Å²) in [7, 11) is 1.46. The number of ketones is 1. The van der Waals surface area contributed by atoms with Crippen LogP contribution >= 0.6 is 11.6 Å². The average molecular weight is 292 g/mol. The van der Waals surface area contributed by atoms with Crippen molar-refractivity contribution in [2.75, 3.05) is 7.11 Å². The molecule has 2 aromatic rings. The van der Waals surface area contributed by atoms with E-state index in [-0.39, 0.29) is 22.1 Å². The Morgan fingerprint density at radius 1 is 1.20 bits per heavy atom. The summed E-state index contributed by atoms with van der Waals surface area (Å²) in [6.07, 6.45) is 0. The van der Waals surface area contributed by atoms with Crippen molar-refractivity contribution in [3.8, 4) is 5.75 Å². The Morgan fingerprint density at radius 3 is 2.50 bits per heavy atom. The van der Waals surface area contributed by atoms with Gasteiger partial charge in [0.05, 0.1) is 22.6 Å². The molecule has 0 aromatic heterocycles. The predicted molar refractivity (Wildman–Crippen MR) is 74.5 cm³/mol. The van der Waals surface area contributed by atoms with Gasteiger partial charge < -0.3 is 4.74 Å². The summed E-state index contributed by atoms with van der Waals surface area (Å²) in [6, 6.07) is 10.5. The largest absolute Gasteiger partial charge is 0.496 e. The monoisotopic (exact) mass is 291 g/mol. The van der Waals surface area contributed by atoms with Gasteiger partial charge in [0.25, 0.3) is 5.69 Å². The smallest absolute Gasteiger partial charge is 0.270 e. The zero-order valence-corrected chi connectivity index (χ0v) is 11.3. The molecule has 0 bridgehead atoms. The summed E-state index contributed by atoms with van der Waals surface area (Å²) in [6.45, 7) is 0. The predicted octanol–water partition coefficient (Wildman–Crippen LogP) is 3.49. The van der Waals surface area contributed by atoms with Crippen molar-refractivity contribution >= 4 is 23.1 Å². The molecular formula is C14H10ClNO4. The summed E-state index contributed by atoms with van der Waals surface area (Å²) < 4.78 is 5.12. The highest BCUT2D eigenvalue weighted by Crippen LogP contribution is 2.27. The first-order valence-electron chi connectivity index (χ1n) is 5.66. The van der Waals surface area contributed by atoms with Crippen molar-refractivity contribution in [1.29, 1.82) is 0 Å². The minimum absolute atomic E-state index is 0.0371. The van der Waals surface area contributed by atoms with E-state index in [4.69, 9.17) is 16.3 Å². The van der Waals surface area contributed by atoms with E-state index in [1.807, 2.05) is 0 Å². The zero-order chi connectivity index (χ0) is 14.7. The van der Waals surface area contributed by atoms with Crippen molar-refractivity contribution in [2.45, 2.75) is 0 Å². The number of carbonyl (C=O) groups is 1. The fraction of sp³-hybridized carbons (Fsp3) is 0.0714. The van der Waals surface area contributed by atoms with Crippen LogP contribution in [0.3, 0.4) is 0 Å². The highest BCUT2D eigenvalue weighted by molar-refractivity contribution is 6.35. The average Bonchev–Trinajstić information content (AvgIpc) is 2.46. The topological polar surface area (TPSA) is 69.4 Å². The normalized spacial score (nSPS) is 10.1. The third-order valence-electron chi connectivity index (χ3n) is 2.76. The van der Waals surface area contributed by atoms with Gasteiger partial charge in [-0.15, -0.1) is 0 Å². The van der Waals surface area contributed by atoms with Crippen LogP contribution in [0.25, 0.3) is 0 Å². The second-order valence-corrected chi connectivity index (χ2v) is 4.36. The Kier molecular flexibility index (Phi) is 4.00. The van der Waals surface area contributed by atoms with E-state index in [2.05, 4.69) is 0 Å². The summed E-state index contributed by atoms with van der Waals surface area (Å²) in [4.78, 5) is 22.5. The number of halogens is 1. The van der Waals surface area contributed by atoms with Crippen molar-refractivity contribution in [1.82, 2.24) is 0 Å². The fourth-order valence-corrected chi connectivity index (χ4v) is 2.04. The van der Waals surface area contributed by atoms with E-state index in [0.29, 0.717) is 11.3 Å². The molecule has 0 amide bonds. The number of non-ortho nitro benzene ring substituents is 1. The highest BCUT2D eigenvalue weighted by Gasteiger charge is 2.19. The summed E-state index contributed by atoms with van der Waals surface area (Å²) in [5.41, 5.74) is 0.388. The molecule has 0 N–H and O–H groups in total. The number of hydrogen-bond acceptors (Lipinski definition) is 4. The minimum atomic E-state index is -0.566. The molecule has 2 aromatic carbocycles. The molecule has 0 spiro atoms. The van der Waals surface area contributed by atoms with Crippen LogP contribution in [0.15, 0.2) is 42.5 Å². The molecule has 0 unspecified atom stereocenters. The van der Waals surface area contributed by atoms with E-state index >= 15 is 0 Å². The fourth-order valence-electron chi connectivity index (χ4n) is 1.78. The van der Waals surface area contributed by atoms with E-state index in [0.717, 1.165) is 6.07 Å². The minimum Gasteiger partial charge on any atom is -0.496 e. The van der Waals surface area contributed by atoms with Crippen LogP contribution in [-0.4, -0.2) is 17.8 Å². The lowest BCUT2D eigenvalue weighted by molar-refractivity contribution is -0.384. The first-order valence-corrected chi connectivity index (χ1v) is 6.04. The maximum Gasteiger partial charge on any atom is 0.270 e. The van der Waals surface area contributed by atoms with Gasteiger partial charge in [-0.2, -0.15) is 0 Å². The molecule has 102 valence electrons. The number of methoxy groups -OCH3 is 1. The molecule has 0 radical (unpaired) electrons. The summed E-state index contributed by atoms with van der Waals surface area (Å²) in [5, 5.41) is 10.7. The Morgan fingerprint density at radius 2 is 1.90 bits per heavy atom. The molecule has 0 aliphatic heterocycles. The van der Waals surface area contributed by atoms with E-state index in [1.54, 1.807) is 24.3 Å². The van der Waals surface area contributed by atoms with Gasteiger partial charge in [0.1, 0.15) is 5.75 Å². The number of benzene rings is 2. The Labute approximate surface area is 119 Å². The number of para-hydroxylation sites is 1. The van der Waals surface area contributed by atoms with Crippen molar-refractivity contribution in [3.63, 3.8) is 0 Å². The van der Waals surface area contributed by atoms with Gasteiger partial charge in [-0.1, -0.05) is 23.7 Å². The number of nitro groups is 1. The second kappa shape index (κ2) is 5.71. The Bertz CT molecular complexity index is 685. The summed E-state index contributed by atoms with van der Waals surface area (Å²) >= 11 is 5.95. The van der Waals surface area contributed by atoms with Crippen LogP contribution in [0.5, 0.6) is 5.75 Å². The highest BCUT2D eigenvalue weighted by atomic mass is 35.5. The van der Waals surface area contributed by atoms with Crippen LogP contribution < -0.4 is 4.74 Å². The molecule has 20 heavy (non-hydrogen) atoms. The van der Waals surface area contributed by atoms with E-state index in [9.17, 15) is 14.9 Å². The number of rotatable bonds is 4. The van der Waals surface area contributed by atoms with Crippen molar-refractivity contribution < 1.29 is 14.5 Å². The molecule has 0 saturated heterocycles. The van der Waals surface area contributed by atoms with E-state index < -0.39 is 4.92 Å². The van der Waals surface area contributed by atoms with Gasteiger partial charge in [0, 0.05) is 17.7 Å². The third kappa shape index (κ3) is 2.62. The maximum atomic E-state index is 12.4. The molecule has 0 aliphatic carbocycles. The van der Waals surface area contributed by atoms with Gasteiger partial charge in [-0.3, -0.25) is 14.9 Å². The van der Waals surface area contributed by atoms with Gasteiger partial charge in [0.15, 0.2) is 5.78 Å². The molecule has 0 heterocycles. The van der Waals surface area contributed by atoms with Gasteiger partial charge in [-0.25, -0.2) is 0 Å². The lowest BCUT2D eigenvalue weighted by Crippen LogP contribution is -2.05. The number of hydrogen-bond donors (Lipinski definition) is 0. The summed E-state index contributed by atoms with van der Waals surface area (Å²) in [5.74, 6) is 0.0780. The molecule has 0 atom stereocenters. The van der Waals surface area contributed by atoms with Crippen LogP contribution in [0.1, 0.15) is 15.9 Å². The van der Waals surface area contributed by atoms with Crippen molar-refractivity contribution in [3.05, 3.63) is 68.7 Å². The Balaban J connectivity index is 2.46. The molecule has 2 rings (SSSR count). The molecule has 0 aliphatic rings. The van der Waals surface area contributed by atoms with Crippen LogP contribution in [0.4, 0.5) is 5.69 Å². The SMILES string of the molecule is COc1ccccc1C(=O)c1ccc([N+](=O)[O-])cc1Cl. The molecule has 6 heteroatoms. The van der Waals surface area contributed by atoms with Crippen LogP contribution in [0.2, 0.25) is 5.02 Å². The van der Waals surface area contributed by atoms with Crippen LogP contribution in [-0.2, 0) is 0 Å². The Hall–Kier alpha value is -2.40. The lowest BCUT2D eigenvalue weighted by Gasteiger charge is -2.08. The number of nitro benzene ring substituents is 1. The van der Waals surface area contributed by atoms with Crippen LogP contribution in [0, 0.1) is 10.1 Å². The third-order valence-corrected chi connectivity index (χ3v) is 3.07. The lowest BCUT2D eigenvalue weighted by atomic mass is 10.0. The van der Waals surface area contributed by atoms with Gasteiger partial charge in [-0.05, 0) is 18.2 Å². The number of carbonyl (C=O) groups excluding carboxylic acids is 1. The van der Waals surface area contributed by atoms with Gasteiger partial charge in [0.2, 0.25) is 0 Å². The molecule has 0 fully saturated rings. The van der Waals surface area contributed by atoms with E-state index in [1.165, 1.54) is 19.2 Å². The number of nitrogens with zero attached hydrogens (tertiary/aromatic N) is 1. The molecule has 0 saturated carbocycles. The quantitative estimate of drug-likeness (QED) is 0.491. The second-order valence-electron chi connectivity index (χ2n) is 3.95. The zero-order valence-electron chi connectivity index (χ0n) is 10.5. The van der Waals surface area contributed by atoms with Crippen molar-refractivity contribution in [2.24, 2.45) is 0 Å². The first kappa shape index (κ1) is 14.0.